The third-order valence-electron chi connectivity index (χ3n) is 6.20. The van der Waals surface area contributed by atoms with Crippen molar-refractivity contribution in [2.75, 3.05) is 0 Å². The van der Waals surface area contributed by atoms with Crippen molar-refractivity contribution in [2.45, 2.75) is 74.8 Å². The Bertz CT molecular complexity index is 355. The van der Waals surface area contributed by atoms with Crippen LogP contribution in [-0.2, 0) is 0 Å². The minimum atomic E-state index is -1.25. The minimum Gasteiger partial charge on any atom is -0.107 e. The van der Waals surface area contributed by atoms with E-state index in [4.69, 9.17) is 0 Å². The normalized spacial score (nSPS) is 29.8. The zero-order valence-corrected chi connectivity index (χ0v) is 19.1. The Labute approximate surface area is 131 Å². The van der Waals surface area contributed by atoms with Gasteiger partial charge >= 0.3 is 0 Å². The second-order valence-electron chi connectivity index (χ2n) is 9.54. The molecular weight excluding hydrogens is 305 g/mol. The summed E-state index contributed by atoms with van der Waals surface area (Å²) in [6.07, 6.45) is 0. The Hall–Kier alpha value is 0.348. The van der Waals surface area contributed by atoms with Gasteiger partial charge in [-0.2, -0.15) is 0 Å². The van der Waals surface area contributed by atoms with Crippen LogP contribution >= 0.6 is 0 Å². The zero-order valence-electron chi connectivity index (χ0n) is 15.1. The maximum Gasteiger partial charge on any atom is 0.0711 e. The van der Waals surface area contributed by atoms with Gasteiger partial charge in [-0.3, -0.25) is 0 Å². The zero-order chi connectivity index (χ0) is 16.0. The fourth-order valence-corrected chi connectivity index (χ4v) is 40.4. The van der Waals surface area contributed by atoms with E-state index in [1.807, 2.05) is 0 Å². The second-order valence-corrected chi connectivity index (χ2v) is 30.4. The minimum absolute atomic E-state index is 1.04. The molecule has 0 amide bonds. The van der Waals surface area contributed by atoms with Gasteiger partial charge in [-0.25, -0.2) is 0 Å². The van der Waals surface area contributed by atoms with E-state index in [1.54, 1.807) is 12.1 Å². The van der Waals surface area contributed by atoms with Crippen LogP contribution in [-0.4, -0.2) is 32.3 Å². The lowest BCUT2D eigenvalue weighted by Gasteiger charge is -2.56. The largest absolute Gasteiger partial charge is 0.107 e. The highest BCUT2D eigenvalue weighted by atomic mass is 28.4. The number of rotatable bonds is 4. The van der Waals surface area contributed by atoms with Crippen molar-refractivity contribution in [1.29, 1.82) is 0 Å². The summed E-state index contributed by atoms with van der Waals surface area (Å²) in [5.41, 5.74) is 4.74. The molecule has 0 spiro atoms. The van der Waals surface area contributed by atoms with Crippen LogP contribution in [0.15, 0.2) is 24.6 Å². The van der Waals surface area contributed by atoms with Gasteiger partial charge in [0.15, 0.2) is 0 Å². The first-order valence-corrected chi connectivity index (χ1v) is 21.0. The van der Waals surface area contributed by atoms with Gasteiger partial charge in [-0.15, -0.1) is 24.6 Å². The highest BCUT2D eigenvalue weighted by Crippen LogP contribution is 2.55. The summed E-state index contributed by atoms with van der Waals surface area (Å²) in [5, 5.41) is 2.08. The summed E-state index contributed by atoms with van der Waals surface area (Å²) < 4.78 is 0. The molecule has 0 radical (unpaired) electrons. The van der Waals surface area contributed by atoms with Gasteiger partial charge in [-0.1, -0.05) is 64.5 Å². The molecule has 4 heteroatoms. The molecule has 1 fully saturated rings. The van der Waals surface area contributed by atoms with Gasteiger partial charge in [0, 0.05) is 16.1 Å². The standard InChI is InChI=1S/C16H36Si4/c1-11-17(3,4)15-13-20(9,10)16(14-19(15,7)8)18(5,6)12-2/h11-12,15-16H,1-2,13-14H2,3-10H3. The van der Waals surface area contributed by atoms with Crippen LogP contribution in [0.4, 0.5) is 0 Å². The molecule has 0 saturated carbocycles. The number of hydrogen-bond acceptors (Lipinski definition) is 0. The molecule has 0 bridgehead atoms. The molecule has 1 saturated heterocycles. The topological polar surface area (TPSA) is 0 Å². The molecule has 0 aromatic heterocycles. The van der Waals surface area contributed by atoms with Crippen molar-refractivity contribution in [3.63, 3.8) is 0 Å². The molecule has 0 aromatic carbocycles. The van der Waals surface area contributed by atoms with Gasteiger partial charge in [0.1, 0.15) is 0 Å². The molecule has 0 N–H and O–H groups in total. The molecule has 0 aromatic rings. The first-order valence-electron chi connectivity index (χ1n) is 8.07. The van der Waals surface area contributed by atoms with Crippen LogP contribution in [0.2, 0.25) is 74.8 Å². The first-order chi connectivity index (χ1) is 8.80. The lowest BCUT2D eigenvalue weighted by Crippen LogP contribution is -2.60. The predicted molar refractivity (Wildman–Crippen MR) is 107 cm³/mol. The van der Waals surface area contributed by atoms with Gasteiger partial charge in [0.2, 0.25) is 0 Å². The third kappa shape index (κ3) is 3.39. The first kappa shape index (κ1) is 18.4. The number of hydrogen-bond donors (Lipinski definition) is 0. The Morgan fingerprint density at radius 3 is 1.20 bits per heavy atom. The lowest BCUT2D eigenvalue weighted by molar-refractivity contribution is 0.975. The van der Waals surface area contributed by atoms with Gasteiger partial charge in [0.05, 0.1) is 16.1 Å². The van der Waals surface area contributed by atoms with E-state index in [0.29, 0.717) is 0 Å². The second kappa shape index (κ2) is 5.52. The summed E-state index contributed by atoms with van der Waals surface area (Å²) in [4.78, 5) is 0. The maximum atomic E-state index is 4.20. The molecule has 2 unspecified atom stereocenters. The fourth-order valence-electron chi connectivity index (χ4n) is 4.71. The Balaban J connectivity index is 3.21. The Morgan fingerprint density at radius 1 is 0.750 bits per heavy atom. The van der Waals surface area contributed by atoms with Crippen LogP contribution in [0.25, 0.3) is 0 Å². The monoisotopic (exact) mass is 340 g/mol. The highest BCUT2D eigenvalue weighted by molar-refractivity contribution is 7.08. The Kier molecular flexibility index (Phi) is 5.08. The molecule has 0 nitrogen and oxygen atoms in total. The van der Waals surface area contributed by atoms with Crippen LogP contribution in [0.1, 0.15) is 0 Å². The molecule has 1 aliphatic heterocycles. The average Bonchev–Trinajstić information content (AvgIpc) is 2.31. The average molecular weight is 341 g/mol. The van der Waals surface area contributed by atoms with E-state index in [9.17, 15) is 0 Å². The molecule has 1 rings (SSSR count). The van der Waals surface area contributed by atoms with Crippen LogP contribution in [0, 0.1) is 0 Å². The van der Waals surface area contributed by atoms with Crippen LogP contribution < -0.4 is 0 Å². The molecule has 2 atom stereocenters. The Morgan fingerprint density at radius 2 is 1.00 bits per heavy atom. The quantitative estimate of drug-likeness (QED) is 0.542. The van der Waals surface area contributed by atoms with Crippen molar-refractivity contribution < 1.29 is 0 Å². The van der Waals surface area contributed by atoms with Crippen molar-refractivity contribution in [3.05, 3.63) is 24.6 Å². The summed E-state index contributed by atoms with van der Waals surface area (Å²) in [6, 6.07) is 3.12. The lowest BCUT2D eigenvalue weighted by atomic mass is 10.8. The van der Waals surface area contributed by atoms with E-state index in [-0.39, 0.29) is 0 Å². The van der Waals surface area contributed by atoms with E-state index >= 15 is 0 Å². The smallest absolute Gasteiger partial charge is 0.0711 e. The SMILES string of the molecule is C=C[Si](C)(C)C1C[Si](C)(C)C([Si](C)(C)C=C)C[Si]1(C)C. The molecule has 20 heavy (non-hydrogen) atoms. The summed E-state index contributed by atoms with van der Waals surface area (Å²) in [6.45, 7) is 29.3. The van der Waals surface area contributed by atoms with E-state index in [1.165, 1.54) is 0 Å². The van der Waals surface area contributed by atoms with E-state index in [2.05, 4.69) is 76.9 Å². The van der Waals surface area contributed by atoms with Crippen LogP contribution in [0.5, 0.6) is 0 Å². The summed E-state index contributed by atoms with van der Waals surface area (Å²) in [7, 11) is -4.78. The van der Waals surface area contributed by atoms with Crippen molar-refractivity contribution in [2.24, 2.45) is 0 Å². The van der Waals surface area contributed by atoms with Crippen molar-refractivity contribution in [1.82, 2.24) is 0 Å². The van der Waals surface area contributed by atoms with Gasteiger partial charge < -0.3 is 0 Å². The third-order valence-corrected chi connectivity index (χ3v) is 30.2. The molecule has 0 aliphatic carbocycles. The molecule has 116 valence electrons. The van der Waals surface area contributed by atoms with Gasteiger partial charge in [-0.05, 0) is 10.3 Å². The molecular formula is C16H36Si4. The van der Waals surface area contributed by atoms with E-state index < -0.39 is 32.3 Å². The highest BCUT2D eigenvalue weighted by Gasteiger charge is 2.55. The summed E-state index contributed by atoms with van der Waals surface area (Å²) >= 11 is 0. The van der Waals surface area contributed by atoms with Crippen molar-refractivity contribution >= 4 is 32.3 Å². The van der Waals surface area contributed by atoms with E-state index in [0.717, 1.165) is 10.3 Å². The van der Waals surface area contributed by atoms with Gasteiger partial charge in [0.25, 0.3) is 0 Å². The van der Waals surface area contributed by atoms with Crippen LogP contribution in [0.3, 0.4) is 0 Å². The van der Waals surface area contributed by atoms with Crippen molar-refractivity contribution in [3.8, 4) is 0 Å². The molecule has 1 heterocycles. The fraction of sp³-hybridized carbons (Fsp3) is 0.750. The molecule has 1 aliphatic rings. The predicted octanol–water partition coefficient (Wildman–Crippen LogP) is 6.10. The summed E-state index contributed by atoms with van der Waals surface area (Å²) in [5.74, 6) is 0. The maximum absolute atomic E-state index is 4.20.